The Morgan fingerprint density at radius 1 is 1.07 bits per heavy atom. The van der Waals surface area contributed by atoms with E-state index in [-0.39, 0.29) is 5.82 Å². The Labute approximate surface area is 244 Å². The minimum absolute atomic E-state index is 0.296. The zero-order valence-corrected chi connectivity index (χ0v) is 23.9. The van der Waals surface area contributed by atoms with Gasteiger partial charge in [0.1, 0.15) is 11.5 Å². The van der Waals surface area contributed by atoms with Crippen LogP contribution in [0.5, 0.6) is 0 Å². The SMILES string of the molecule is C=C(CC1CCCCC1)Nc1cncc(C(=C)/C=c2/c(-c3cc4c(-c5cccc(F)c5)nccc4[nH]3)n[nH]/c2=C/C)c1. The van der Waals surface area contributed by atoms with Crippen LogP contribution >= 0.6 is 0 Å². The Bertz CT molecular complexity index is 1890. The van der Waals surface area contributed by atoms with Gasteiger partial charge in [-0.3, -0.25) is 15.1 Å². The molecule has 1 saturated carbocycles. The van der Waals surface area contributed by atoms with Crippen molar-refractivity contribution in [2.45, 2.75) is 45.4 Å². The lowest BCUT2D eigenvalue weighted by atomic mass is 9.86. The predicted octanol–water partition coefficient (Wildman–Crippen LogP) is 7.34. The van der Waals surface area contributed by atoms with E-state index in [9.17, 15) is 4.39 Å². The maximum atomic E-state index is 14.0. The Morgan fingerprint density at radius 2 is 1.93 bits per heavy atom. The van der Waals surface area contributed by atoms with Gasteiger partial charge in [-0.05, 0) is 61.2 Å². The summed E-state index contributed by atoms with van der Waals surface area (Å²) in [5.74, 6) is 0.418. The van der Waals surface area contributed by atoms with Crippen LogP contribution in [0.15, 0.2) is 79.9 Å². The van der Waals surface area contributed by atoms with Crippen LogP contribution in [-0.4, -0.2) is 25.1 Å². The molecule has 4 aromatic heterocycles. The third kappa shape index (κ3) is 5.81. The maximum absolute atomic E-state index is 14.0. The van der Waals surface area contributed by atoms with Crippen LogP contribution in [0.25, 0.3) is 51.3 Å². The van der Waals surface area contributed by atoms with Crippen LogP contribution < -0.4 is 15.9 Å². The molecular formula is C35H35FN6. The van der Waals surface area contributed by atoms with Crippen molar-refractivity contribution in [1.82, 2.24) is 25.1 Å². The average molecular weight is 559 g/mol. The third-order valence-corrected chi connectivity index (χ3v) is 8.03. The second kappa shape index (κ2) is 12.0. The Morgan fingerprint density at radius 3 is 2.74 bits per heavy atom. The van der Waals surface area contributed by atoms with E-state index in [4.69, 9.17) is 0 Å². The molecule has 5 aromatic rings. The zero-order chi connectivity index (χ0) is 29.1. The molecule has 0 saturated heterocycles. The average Bonchev–Trinajstić information content (AvgIpc) is 3.61. The van der Waals surface area contributed by atoms with Crippen LogP contribution in [-0.2, 0) is 0 Å². The van der Waals surface area contributed by atoms with Gasteiger partial charge in [-0.25, -0.2) is 4.39 Å². The second-order valence-electron chi connectivity index (χ2n) is 11.1. The fourth-order valence-corrected chi connectivity index (χ4v) is 5.92. The van der Waals surface area contributed by atoms with Crippen molar-refractivity contribution in [2.75, 3.05) is 5.32 Å². The van der Waals surface area contributed by atoms with Crippen LogP contribution in [0.1, 0.15) is 51.0 Å². The summed E-state index contributed by atoms with van der Waals surface area (Å²) in [6, 6.07) is 12.5. The molecule has 0 spiro atoms. The number of aromatic nitrogens is 5. The topological polar surface area (TPSA) is 82.3 Å². The molecule has 42 heavy (non-hydrogen) atoms. The van der Waals surface area contributed by atoms with Crippen molar-refractivity contribution < 1.29 is 4.39 Å². The summed E-state index contributed by atoms with van der Waals surface area (Å²) in [6.07, 6.45) is 17.0. The molecule has 1 aliphatic rings. The van der Waals surface area contributed by atoms with Gasteiger partial charge in [0.05, 0.1) is 28.6 Å². The molecule has 1 aliphatic carbocycles. The number of aromatic amines is 2. The number of halogens is 1. The van der Waals surface area contributed by atoms with Gasteiger partial charge < -0.3 is 10.3 Å². The molecule has 6 nitrogen and oxygen atoms in total. The van der Waals surface area contributed by atoms with Gasteiger partial charge in [0.15, 0.2) is 0 Å². The first-order valence-corrected chi connectivity index (χ1v) is 14.5. The van der Waals surface area contributed by atoms with Crippen molar-refractivity contribution >= 4 is 34.3 Å². The number of hydrogen-bond acceptors (Lipinski definition) is 4. The van der Waals surface area contributed by atoms with E-state index < -0.39 is 0 Å². The molecule has 3 N–H and O–H groups in total. The van der Waals surface area contributed by atoms with Gasteiger partial charge >= 0.3 is 0 Å². The largest absolute Gasteiger partial charge is 0.358 e. The molecule has 0 bridgehead atoms. The monoisotopic (exact) mass is 558 g/mol. The van der Waals surface area contributed by atoms with Crippen LogP contribution in [0.4, 0.5) is 10.1 Å². The van der Waals surface area contributed by atoms with Gasteiger partial charge in [0, 0.05) is 45.3 Å². The smallest absolute Gasteiger partial charge is 0.123 e. The molecule has 212 valence electrons. The normalized spacial score (nSPS) is 14.9. The predicted molar refractivity (Wildman–Crippen MR) is 170 cm³/mol. The van der Waals surface area contributed by atoms with Crippen molar-refractivity contribution in [3.05, 3.63) is 102 Å². The number of H-pyrrole nitrogens is 2. The number of fused-ring (bicyclic) bond motifs is 1. The van der Waals surface area contributed by atoms with Crippen molar-refractivity contribution in [1.29, 1.82) is 0 Å². The lowest BCUT2D eigenvalue weighted by molar-refractivity contribution is 0.357. The molecule has 0 amide bonds. The minimum atomic E-state index is -0.296. The first kappa shape index (κ1) is 27.4. The third-order valence-electron chi connectivity index (χ3n) is 8.03. The Kier molecular flexibility index (Phi) is 7.82. The summed E-state index contributed by atoms with van der Waals surface area (Å²) in [5, 5.41) is 14.0. The molecule has 6 rings (SSSR count). The summed E-state index contributed by atoms with van der Waals surface area (Å²) in [6.45, 7) is 10.6. The van der Waals surface area contributed by atoms with Crippen molar-refractivity contribution in [3.63, 3.8) is 0 Å². The van der Waals surface area contributed by atoms with Gasteiger partial charge in [-0.1, -0.05) is 63.5 Å². The highest BCUT2D eigenvalue weighted by atomic mass is 19.1. The van der Waals surface area contributed by atoms with E-state index in [1.165, 1.54) is 44.2 Å². The van der Waals surface area contributed by atoms with Gasteiger partial charge in [0.25, 0.3) is 0 Å². The standard InChI is InChI=1S/C35H35FN6/c1-4-31-29(15-22(2)26-18-28(21-37-20-26)39-23(3)16-24-9-6-5-7-10-24)35(42-41-31)33-19-30-32(40-33)13-14-38-34(30)25-11-8-12-27(36)17-25/h4,8,11-15,17-21,24,39-41H,2-3,5-7,9-10,16H2,1H3/b29-15+,31-4+. The number of benzene rings is 1. The molecule has 1 fully saturated rings. The summed E-state index contributed by atoms with van der Waals surface area (Å²) < 4.78 is 14.0. The van der Waals surface area contributed by atoms with Crippen molar-refractivity contribution in [2.24, 2.45) is 5.92 Å². The van der Waals surface area contributed by atoms with Crippen LogP contribution in [0.3, 0.4) is 0 Å². The quantitative estimate of drug-likeness (QED) is 0.186. The minimum Gasteiger partial charge on any atom is -0.358 e. The highest BCUT2D eigenvalue weighted by Crippen LogP contribution is 2.31. The van der Waals surface area contributed by atoms with Gasteiger partial charge in [0.2, 0.25) is 0 Å². The van der Waals surface area contributed by atoms with E-state index in [2.05, 4.69) is 49.7 Å². The molecule has 0 unspecified atom stereocenters. The number of anilines is 1. The number of nitrogens with zero attached hydrogens (tertiary/aromatic N) is 3. The number of allylic oxidation sites excluding steroid dienone is 2. The maximum Gasteiger partial charge on any atom is 0.123 e. The number of hydrogen-bond donors (Lipinski definition) is 3. The fraction of sp³-hybridized carbons (Fsp3) is 0.229. The molecule has 0 aliphatic heterocycles. The Balaban J connectivity index is 1.31. The van der Waals surface area contributed by atoms with Gasteiger partial charge in [-0.2, -0.15) is 5.10 Å². The molecule has 0 atom stereocenters. The fourth-order valence-electron chi connectivity index (χ4n) is 5.92. The summed E-state index contributed by atoms with van der Waals surface area (Å²) in [5.41, 5.74) is 7.57. The van der Waals surface area contributed by atoms with E-state index in [1.54, 1.807) is 12.3 Å². The lowest BCUT2D eigenvalue weighted by Gasteiger charge is -2.22. The summed E-state index contributed by atoms with van der Waals surface area (Å²) in [7, 11) is 0. The highest BCUT2D eigenvalue weighted by molar-refractivity contribution is 5.96. The number of rotatable bonds is 8. The van der Waals surface area contributed by atoms with Crippen molar-refractivity contribution in [3.8, 4) is 22.6 Å². The van der Waals surface area contributed by atoms with Gasteiger partial charge in [-0.15, -0.1) is 0 Å². The first-order valence-electron chi connectivity index (χ1n) is 14.5. The zero-order valence-electron chi connectivity index (χ0n) is 23.9. The van der Waals surface area contributed by atoms with E-state index in [0.29, 0.717) is 11.6 Å². The second-order valence-corrected chi connectivity index (χ2v) is 11.1. The molecule has 1 aromatic carbocycles. The summed E-state index contributed by atoms with van der Waals surface area (Å²) >= 11 is 0. The van der Waals surface area contributed by atoms with E-state index >= 15 is 0 Å². The molecule has 7 heteroatoms. The molecular weight excluding hydrogens is 523 g/mol. The lowest BCUT2D eigenvalue weighted by Crippen LogP contribution is -2.23. The van der Waals surface area contributed by atoms with E-state index in [0.717, 1.165) is 67.4 Å². The first-order chi connectivity index (χ1) is 20.5. The molecule has 0 radical (unpaired) electrons. The summed E-state index contributed by atoms with van der Waals surface area (Å²) in [4.78, 5) is 12.5. The number of nitrogens with one attached hydrogen (secondary N) is 3. The highest BCUT2D eigenvalue weighted by Gasteiger charge is 2.16. The van der Waals surface area contributed by atoms with E-state index in [1.807, 2.05) is 49.7 Å². The van der Waals surface area contributed by atoms with Crippen LogP contribution in [0, 0.1) is 11.7 Å². The number of pyridine rings is 2. The molecule has 4 heterocycles. The van der Waals surface area contributed by atoms with Crippen LogP contribution in [0.2, 0.25) is 0 Å². The Hall–Kier alpha value is -4.78.